The number of benzene rings is 1. The van der Waals surface area contributed by atoms with Crippen LogP contribution >= 0.6 is 0 Å². The van der Waals surface area contributed by atoms with Crippen LogP contribution in [0.2, 0.25) is 0 Å². The zero-order chi connectivity index (χ0) is 14.1. The van der Waals surface area contributed by atoms with Gasteiger partial charge in [0.2, 0.25) is 0 Å². The van der Waals surface area contributed by atoms with Crippen LogP contribution in [0.4, 0.5) is 0 Å². The Balaban J connectivity index is 2.57. The number of hydrogen-bond acceptors (Lipinski definition) is 2. The molecular weight excluding hydrogens is 238 g/mol. The molecule has 1 aromatic rings. The van der Waals surface area contributed by atoms with Gasteiger partial charge in [-0.2, -0.15) is 0 Å². The maximum Gasteiger partial charge on any atom is 0.191 e. The number of rotatable bonds is 6. The van der Waals surface area contributed by atoms with Crippen LogP contribution in [-0.2, 0) is 6.54 Å². The number of nitrogens with one attached hydrogen (secondary N) is 2. The molecule has 0 aliphatic carbocycles. The summed E-state index contributed by atoms with van der Waals surface area (Å²) in [6.07, 6.45) is 0. The lowest BCUT2D eigenvalue weighted by Crippen LogP contribution is -2.39. The number of guanidine groups is 1. The Morgan fingerprint density at radius 1 is 1.37 bits per heavy atom. The molecule has 0 bridgehead atoms. The van der Waals surface area contributed by atoms with Crippen LogP contribution in [0.3, 0.4) is 0 Å². The van der Waals surface area contributed by atoms with Crippen molar-refractivity contribution in [1.29, 1.82) is 0 Å². The lowest BCUT2D eigenvalue weighted by atomic mass is 10.1. The van der Waals surface area contributed by atoms with Gasteiger partial charge in [-0.25, -0.2) is 4.99 Å². The minimum Gasteiger partial charge on any atom is -0.396 e. The molecule has 0 saturated carbocycles. The maximum absolute atomic E-state index is 9.02. The van der Waals surface area contributed by atoms with Crippen molar-refractivity contribution in [3.05, 3.63) is 35.4 Å². The predicted octanol–water partition coefficient (Wildman–Crippen LogP) is 1.68. The van der Waals surface area contributed by atoms with Gasteiger partial charge < -0.3 is 15.7 Å². The highest BCUT2D eigenvalue weighted by Crippen LogP contribution is 2.05. The largest absolute Gasteiger partial charge is 0.396 e. The Labute approximate surface area is 116 Å². The predicted molar refractivity (Wildman–Crippen MR) is 80.2 cm³/mol. The standard InChI is InChI=1S/C15H25N3O/c1-4-16-15(17-9-13(3)11-19)18-10-14-7-5-6-12(2)8-14/h5-8,13,19H,4,9-11H2,1-3H3,(H2,16,17,18). The SMILES string of the molecule is CCNC(=NCc1cccc(C)c1)NCC(C)CO. The Kier molecular flexibility index (Phi) is 6.97. The molecule has 1 rings (SSSR count). The van der Waals surface area contributed by atoms with Gasteiger partial charge in [-0.05, 0) is 25.3 Å². The third-order valence-electron chi connectivity index (χ3n) is 2.78. The molecule has 19 heavy (non-hydrogen) atoms. The van der Waals surface area contributed by atoms with Crippen molar-refractivity contribution in [2.24, 2.45) is 10.9 Å². The van der Waals surface area contributed by atoms with E-state index in [1.54, 1.807) is 0 Å². The highest BCUT2D eigenvalue weighted by molar-refractivity contribution is 5.79. The van der Waals surface area contributed by atoms with Gasteiger partial charge in [0.1, 0.15) is 0 Å². The van der Waals surface area contributed by atoms with Crippen LogP contribution in [0.25, 0.3) is 0 Å². The van der Waals surface area contributed by atoms with E-state index >= 15 is 0 Å². The average molecular weight is 263 g/mol. The van der Waals surface area contributed by atoms with E-state index in [4.69, 9.17) is 5.11 Å². The quantitative estimate of drug-likeness (QED) is 0.540. The van der Waals surface area contributed by atoms with Crippen LogP contribution in [-0.4, -0.2) is 30.8 Å². The van der Waals surface area contributed by atoms with Gasteiger partial charge in [-0.1, -0.05) is 36.8 Å². The van der Waals surface area contributed by atoms with Gasteiger partial charge in [0.15, 0.2) is 5.96 Å². The molecule has 0 radical (unpaired) electrons. The fraction of sp³-hybridized carbons (Fsp3) is 0.533. The van der Waals surface area contributed by atoms with Gasteiger partial charge in [0.05, 0.1) is 6.54 Å². The van der Waals surface area contributed by atoms with Crippen LogP contribution in [0.1, 0.15) is 25.0 Å². The first-order valence-electron chi connectivity index (χ1n) is 6.84. The lowest BCUT2D eigenvalue weighted by molar-refractivity contribution is 0.238. The van der Waals surface area contributed by atoms with Gasteiger partial charge in [-0.3, -0.25) is 0 Å². The van der Waals surface area contributed by atoms with Crippen molar-refractivity contribution < 1.29 is 5.11 Å². The first-order valence-corrected chi connectivity index (χ1v) is 6.84. The summed E-state index contributed by atoms with van der Waals surface area (Å²) in [4.78, 5) is 4.54. The number of aliphatic hydroxyl groups is 1. The number of aliphatic imine (C=N–C) groups is 1. The monoisotopic (exact) mass is 263 g/mol. The molecule has 1 unspecified atom stereocenters. The highest BCUT2D eigenvalue weighted by atomic mass is 16.3. The second-order valence-electron chi connectivity index (χ2n) is 4.85. The topological polar surface area (TPSA) is 56.7 Å². The van der Waals surface area contributed by atoms with E-state index in [-0.39, 0.29) is 12.5 Å². The molecule has 4 nitrogen and oxygen atoms in total. The van der Waals surface area contributed by atoms with E-state index in [0.717, 1.165) is 19.0 Å². The van der Waals surface area contributed by atoms with Crippen LogP contribution in [0.15, 0.2) is 29.3 Å². The van der Waals surface area contributed by atoms with Crippen molar-refractivity contribution in [3.63, 3.8) is 0 Å². The summed E-state index contributed by atoms with van der Waals surface area (Å²) in [5.41, 5.74) is 2.45. The fourth-order valence-electron chi connectivity index (χ4n) is 1.66. The third-order valence-corrected chi connectivity index (χ3v) is 2.78. The molecule has 0 fully saturated rings. The molecule has 4 heteroatoms. The zero-order valence-corrected chi connectivity index (χ0v) is 12.1. The second kappa shape index (κ2) is 8.53. The zero-order valence-electron chi connectivity index (χ0n) is 12.1. The highest BCUT2D eigenvalue weighted by Gasteiger charge is 2.02. The van der Waals surface area contributed by atoms with Gasteiger partial charge in [0.25, 0.3) is 0 Å². The molecule has 0 spiro atoms. The minimum absolute atomic E-state index is 0.185. The smallest absolute Gasteiger partial charge is 0.191 e. The van der Waals surface area contributed by atoms with E-state index in [1.165, 1.54) is 11.1 Å². The summed E-state index contributed by atoms with van der Waals surface area (Å²) in [6.45, 7) is 8.51. The number of aliphatic hydroxyl groups excluding tert-OH is 1. The van der Waals surface area contributed by atoms with Crippen molar-refractivity contribution in [2.75, 3.05) is 19.7 Å². The van der Waals surface area contributed by atoms with Crippen molar-refractivity contribution in [3.8, 4) is 0 Å². The van der Waals surface area contributed by atoms with E-state index in [9.17, 15) is 0 Å². The summed E-state index contributed by atoms with van der Waals surface area (Å²) < 4.78 is 0. The van der Waals surface area contributed by atoms with Crippen molar-refractivity contribution in [1.82, 2.24) is 10.6 Å². The summed E-state index contributed by atoms with van der Waals surface area (Å²) in [5.74, 6) is 1.02. The molecule has 0 saturated heterocycles. The summed E-state index contributed by atoms with van der Waals surface area (Å²) in [6, 6.07) is 8.35. The molecule has 3 N–H and O–H groups in total. The maximum atomic E-state index is 9.02. The molecular formula is C15H25N3O. The number of hydrogen-bond donors (Lipinski definition) is 3. The normalized spacial score (nSPS) is 13.2. The fourth-order valence-corrected chi connectivity index (χ4v) is 1.66. The van der Waals surface area contributed by atoms with Gasteiger partial charge >= 0.3 is 0 Å². The Bertz CT molecular complexity index is 404. The Hall–Kier alpha value is -1.55. The molecule has 0 aromatic heterocycles. The molecule has 1 atom stereocenters. The molecule has 1 aromatic carbocycles. The average Bonchev–Trinajstić information content (AvgIpc) is 2.41. The van der Waals surface area contributed by atoms with E-state index in [2.05, 4.69) is 40.7 Å². The van der Waals surface area contributed by atoms with Crippen LogP contribution in [0.5, 0.6) is 0 Å². The van der Waals surface area contributed by atoms with E-state index in [0.29, 0.717) is 6.54 Å². The van der Waals surface area contributed by atoms with Crippen molar-refractivity contribution >= 4 is 5.96 Å². The first kappa shape index (κ1) is 15.5. The third kappa shape index (κ3) is 6.25. The molecule has 0 amide bonds. The molecule has 0 heterocycles. The van der Waals surface area contributed by atoms with E-state index < -0.39 is 0 Å². The molecule has 0 aliphatic heterocycles. The first-order chi connectivity index (χ1) is 9.15. The minimum atomic E-state index is 0.185. The van der Waals surface area contributed by atoms with Crippen molar-refractivity contribution in [2.45, 2.75) is 27.3 Å². The summed E-state index contributed by atoms with van der Waals surface area (Å²) in [5, 5.41) is 15.5. The second-order valence-corrected chi connectivity index (χ2v) is 4.85. The molecule has 0 aliphatic rings. The number of aryl methyl sites for hydroxylation is 1. The Morgan fingerprint density at radius 3 is 2.79 bits per heavy atom. The van der Waals surface area contributed by atoms with Gasteiger partial charge in [0, 0.05) is 19.7 Å². The molecule has 106 valence electrons. The van der Waals surface area contributed by atoms with E-state index in [1.807, 2.05) is 19.9 Å². The number of nitrogens with zero attached hydrogens (tertiary/aromatic N) is 1. The van der Waals surface area contributed by atoms with Crippen LogP contribution < -0.4 is 10.6 Å². The van der Waals surface area contributed by atoms with Crippen LogP contribution in [0, 0.1) is 12.8 Å². The lowest BCUT2D eigenvalue weighted by Gasteiger charge is -2.14. The van der Waals surface area contributed by atoms with Gasteiger partial charge in [-0.15, -0.1) is 0 Å². The summed E-state index contributed by atoms with van der Waals surface area (Å²) in [7, 11) is 0. The summed E-state index contributed by atoms with van der Waals surface area (Å²) >= 11 is 0. The Morgan fingerprint density at radius 2 is 2.16 bits per heavy atom.